The molecule has 0 radical (unpaired) electrons. The standard InChI is InChI=1S/C24H31N5/c1-4-25-24(28-20(3)19(2)22-13-9-6-10-14-22)27-17-23-26-15-16-29(23)18-21-11-7-5-8-12-21/h5-16,19-20H,4,17-18H2,1-3H3,(H2,25,27,28). The van der Waals surface area contributed by atoms with E-state index in [1.807, 2.05) is 18.5 Å². The average molecular weight is 390 g/mol. The van der Waals surface area contributed by atoms with Gasteiger partial charge in [0.25, 0.3) is 0 Å². The van der Waals surface area contributed by atoms with Crippen molar-refractivity contribution in [2.75, 3.05) is 6.54 Å². The number of imidazole rings is 1. The van der Waals surface area contributed by atoms with E-state index in [-0.39, 0.29) is 6.04 Å². The Morgan fingerprint density at radius 1 is 1.03 bits per heavy atom. The zero-order valence-corrected chi connectivity index (χ0v) is 17.5. The monoisotopic (exact) mass is 389 g/mol. The normalized spacial score (nSPS) is 13.7. The summed E-state index contributed by atoms with van der Waals surface area (Å²) < 4.78 is 2.15. The van der Waals surface area contributed by atoms with Crippen molar-refractivity contribution in [1.82, 2.24) is 20.2 Å². The van der Waals surface area contributed by atoms with E-state index in [4.69, 9.17) is 4.99 Å². The van der Waals surface area contributed by atoms with E-state index in [0.717, 1.165) is 24.9 Å². The van der Waals surface area contributed by atoms with Crippen molar-refractivity contribution in [3.63, 3.8) is 0 Å². The molecule has 5 nitrogen and oxygen atoms in total. The largest absolute Gasteiger partial charge is 0.357 e. The number of nitrogens with zero attached hydrogens (tertiary/aromatic N) is 3. The van der Waals surface area contributed by atoms with Gasteiger partial charge in [-0.1, -0.05) is 67.6 Å². The molecule has 0 bridgehead atoms. The van der Waals surface area contributed by atoms with Crippen LogP contribution in [-0.4, -0.2) is 28.1 Å². The number of guanidine groups is 1. The van der Waals surface area contributed by atoms with Crippen LogP contribution in [0.5, 0.6) is 0 Å². The Hall–Kier alpha value is -3.08. The lowest BCUT2D eigenvalue weighted by Crippen LogP contribution is -2.44. The first-order valence-corrected chi connectivity index (χ1v) is 10.3. The second-order valence-corrected chi connectivity index (χ2v) is 7.28. The molecule has 1 heterocycles. The maximum Gasteiger partial charge on any atom is 0.191 e. The van der Waals surface area contributed by atoms with Crippen LogP contribution in [-0.2, 0) is 13.1 Å². The van der Waals surface area contributed by atoms with Crippen molar-refractivity contribution in [3.8, 4) is 0 Å². The summed E-state index contributed by atoms with van der Waals surface area (Å²) in [4.78, 5) is 9.29. The van der Waals surface area contributed by atoms with Crippen LogP contribution < -0.4 is 10.6 Å². The number of nitrogens with one attached hydrogen (secondary N) is 2. The van der Waals surface area contributed by atoms with Gasteiger partial charge in [0, 0.05) is 37.4 Å². The Morgan fingerprint density at radius 3 is 2.41 bits per heavy atom. The Labute approximate surface area is 173 Å². The minimum atomic E-state index is 0.249. The number of aliphatic imine (C=N–C) groups is 1. The highest BCUT2D eigenvalue weighted by molar-refractivity contribution is 5.80. The first kappa shape index (κ1) is 20.6. The molecule has 2 unspecified atom stereocenters. The minimum absolute atomic E-state index is 0.249. The van der Waals surface area contributed by atoms with E-state index in [0.29, 0.717) is 12.5 Å². The highest BCUT2D eigenvalue weighted by atomic mass is 15.2. The Bertz CT molecular complexity index is 886. The van der Waals surface area contributed by atoms with Crippen LogP contribution in [0.15, 0.2) is 78.0 Å². The lowest BCUT2D eigenvalue weighted by molar-refractivity contribution is 0.549. The maximum atomic E-state index is 4.79. The molecule has 0 amide bonds. The molecule has 1 aromatic heterocycles. The third-order valence-electron chi connectivity index (χ3n) is 5.16. The molecule has 0 aliphatic heterocycles. The Kier molecular flexibility index (Phi) is 7.45. The quantitative estimate of drug-likeness (QED) is 0.449. The molecular weight excluding hydrogens is 358 g/mol. The molecule has 3 aromatic rings. The van der Waals surface area contributed by atoms with Crippen LogP contribution >= 0.6 is 0 Å². The summed E-state index contributed by atoms with van der Waals surface area (Å²) in [7, 11) is 0. The van der Waals surface area contributed by atoms with Crippen LogP contribution in [0.1, 0.15) is 43.6 Å². The zero-order chi connectivity index (χ0) is 20.5. The van der Waals surface area contributed by atoms with Gasteiger partial charge in [0.1, 0.15) is 12.4 Å². The molecule has 2 aromatic carbocycles. The van der Waals surface area contributed by atoms with Crippen LogP contribution in [0, 0.1) is 0 Å². The maximum absolute atomic E-state index is 4.79. The van der Waals surface area contributed by atoms with Gasteiger partial charge < -0.3 is 15.2 Å². The van der Waals surface area contributed by atoms with Crippen molar-refractivity contribution in [2.45, 2.75) is 45.8 Å². The average Bonchev–Trinajstić information content (AvgIpc) is 3.19. The smallest absolute Gasteiger partial charge is 0.191 e. The van der Waals surface area contributed by atoms with E-state index in [1.165, 1.54) is 11.1 Å². The molecule has 152 valence electrons. The fourth-order valence-corrected chi connectivity index (χ4v) is 3.27. The molecule has 0 saturated carbocycles. The molecule has 2 atom stereocenters. The predicted molar refractivity (Wildman–Crippen MR) is 120 cm³/mol. The summed E-state index contributed by atoms with van der Waals surface area (Å²) in [5.74, 6) is 2.15. The molecule has 29 heavy (non-hydrogen) atoms. The van der Waals surface area contributed by atoms with Crippen LogP contribution in [0.3, 0.4) is 0 Å². The minimum Gasteiger partial charge on any atom is -0.357 e. The molecule has 5 heteroatoms. The van der Waals surface area contributed by atoms with E-state index in [9.17, 15) is 0 Å². The van der Waals surface area contributed by atoms with Gasteiger partial charge in [-0.05, 0) is 25.0 Å². The van der Waals surface area contributed by atoms with Gasteiger partial charge in [0.2, 0.25) is 0 Å². The highest BCUT2D eigenvalue weighted by Crippen LogP contribution is 2.18. The number of hydrogen-bond donors (Lipinski definition) is 2. The second kappa shape index (κ2) is 10.5. The van der Waals surface area contributed by atoms with Crippen molar-refractivity contribution in [1.29, 1.82) is 0 Å². The lowest BCUT2D eigenvalue weighted by Gasteiger charge is -2.24. The summed E-state index contributed by atoms with van der Waals surface area (Å²) in [6.07, 6.45) is 3.85. The number of aromatic nitrogens is 2. The molecule has 0 fully saturated rings. The Balaban J connectivity index is 1.66. The lowest BCUT2D eigenvalue weighted by atomic mass is 9.94. The summed E-state index contributed by atoms with van der Waals surface area (Å²) in [5, 5.41) is 6.90. The molecule has 0 aliphatic rings. The summed E-state index contributed by atoms with van der Waals surface area (Å²) in [5.41, 5.74) is 2.58. The molecule has 0 aliphatic carbocycles. The molecule has 3 rings (SSSR count). The van der Waals surface area contributed by atoms with Crippen molar-refractivity contribution >= 4 is 5.96 Å². The van der Waals surface area contributed by atoms with Gasteiger partial charge >= 0.3 is 0 Å². The second-order valence-electron chi connectivity index (χ2n) is 7.28. The van der Waals surface area contributed by atoms with Gasteiger partial charge in [0.15, 0.2) is 5.96 Å². The van der Waals surface area contributed by atoms with E-state index in [1.54, 1.807) is 0 Å². The van der Waals surface area contributed by atoms with Gasteiger partial charge in [-0.25, -0.2) is 9.98 Å². The number of benzene rings is 2. The van der Waals surface area contributed by atoms with Crippen molar-refractivity contribution in [2.24, 2.45) is 4.99 Å². The SMILES string of the molecule is CCNC(=NCc1nccn1Cc1ccccc1)NC(C)C(C)c1ccccc1. The third-order valence-corrected chi connectivity index (χ3v) is 5.16. The fraction of sp³-hybridized carbons (Fsp3) is 0.333. The van der Waals surface area contributed by atoms with Crippen molar-refractivity contribution in [3.05, 3.63) is 90.0 Å². The predicted octanol–water partition coefficient (Wildman–Crippen LogP) is 4.18. The fourth-order valence-electron chi connectivity index (χ4n) is 3.27. The van der Waals surface area contributed by atoms with Crippen LogP contribution in [0.4, 0.5) is 0 Å². The van der Waals surface area contributed by atoms with Crippen LogP contribution in [0.25, 0.3) is 0 Å². The summed E-state index contributed by atoms with van der Waals surface area (Å²) >= 11 is 0. The van der Waals surface area contributed by atoms with E-state index >= 15 is 0 Å². The van der Waals surface area contributed by atoms with E-state index < -0.39 is 0 Å². The highest BCUT2D eigenvalue weighted by Gasteiger charge is 2.15. The van der Waals surface area contributed by atoms with Gasteiger partial charge in [0.05, 0.1) is 0 Å². The number of hydrogen-bond acceptors (Lipinski definition) is 2. The summed E-state index contributed by atoms with van der Waals surface area (Å²) in [6.45, 7) is 8.66. The first-order chi connectivity index (χ1) is 14.2. The molecular formula is C24H31N5. The topological polar surface area (TPSA) is 54.2 Å². The van der Waals surface area contributed by atoms with Gasteiger partial charge in [-0.15, -0.1) is 0 Å². The van der Waals surface area contributed by atoms with Crippen LogP contribution in [0.2, 0.25) is 0 Å². The Morgan fingerprint density at radius 2 is 1.72 bits per heavy atom. The molecule has 0 saturated heterocycles. The summed E-state index contributed by atoms with van der Waals surface area (Å²) in [6, 6.07) is 21.2. The van der Waals surface area contributed by atoms with E-state index in [2.05, 4.69) is 95.6 Å². The van der Waals surface area contributed by atoms with Crippen molar-refractivity contribution < 1.29 is 0 Å². The number of rotatable bonds is 8. The zero-order valence-electron chi connectivity index (χ0n) is 17.5. The van der Waals surface area contributed by atoms with Gasteiger partial charge in [-0.2, -0.15) is 0 Å². The third kappa shape index (κ3) is 5.95. The molecule has 2 N–H and O–H groups in total. The van der Waals surface area contributed by atoms with Gasteiger partial charge in [-0.3, -0.25) is 0 Å². The first-order valence-electron chi connectivity index (χ1n) is 10.3. The molecule has 0 spiro atoms.